The molecular formula is C13H17N3O4. The highest BCUT2D eigenvalue weighted by molar-refractivity contribution is 5.82. The van der Waals surface area contributed by atoms with E-state index >= 15 is 0 Å². The van der Waals surface area contributed by atoms with Gasteiger partial charge in [-0.05, 0) is 19.9 Å². The molecular weight excluding hydrogens is 262 g/mol. The predicted molar refractivity (Wildman–Crippen MR) is 74.1 cm³/mol. The summed E-state index contributed by atoms with van der Waals surface area (Å²) in [5.74, 6) is 0.399. The van der Waals surface area contributed by atoms with Crippen LogP contribution in [0.25, 0.3) is 0 Å². The van der Waals surface area contributed by atoms with Crippen molar-refractivity contribution in [3.05, 3.63) is 28.3 Å². The SMILES string of the molecule is CNC(=O)CN1CC(C)(C)Oc2ccc([N+](=O)[O-])cc21. The van der Waals surface area contributed by atoms with Crippen molar-refractivity contribution >= 4 is 17.3 Å². The molecule has 0 aromatic heterocycles. The number of rotatable bonds is 3. The Morgan fingerprint density at radius 3 is 2.85 bits per heavy atom. The summed E-state index contributed by atoms with van der Waals surface area (Å²) in [7, 11) is 1.56. The first kappa shape index (κ1) is 14.1. The van der Waals surface area contributed by atoms with Crippen LogP contribution in [0.3, 0.4) is 0 Å². The molecule has 0 aliphatic carbocycles. The van der Waals surface area contributed by atoms with Crippen LogP contribution in [-0.2, 0) is 4.79 Å². The van der Waals surface area contributed by atoms with E-state index in [1.54, 1.807) is 18.0 Å². The van der Waals surface area contributed by atoms with Crippen LogP contribution in [0.15, 0.2) is 18.2 Å². The van der Waals surface area contributed by atoms with E-state index in [1.165, 1.54) is 12.1 Å². The molecule has 0 saturated heterocycles. The molecule has 1 aliphatic rings. The standard InChI is InChI=1S/C13H17N3O4/c1-13(2)8-15(7-12(17)14-3)10-6-9(16(18)19)4-5-11(10)20-13/h4-6H,7-8H2,1-3H3,(H,14,17). The number of ether oxygens (including phenoxy) is 1. The Labute approximate surface area is 116 Å². The zero-order chi connectivity index (χ0) is 14.9. The van der Waals surface area contributed by atoms with E-state index in [0.717, 1.165) is 0 Å². The molecule has 1 N–H and O–H groups in total. The number of hydrogen-bond donors (Lipinski definition) is 1. The molecule has 0 unspecified atom stereocenters. The summed E-state index contributed by atoms with van der Waals surface area (Å²) in [4.78, 5) is 23.8. The minimum absolute atomic E-state index is 0.0195. The minimum atomic E-state index is -0.461. The summed E-state index contributed by atoms with van der Waals surface area (Å²) in [5.41, 5.74) is 0.0908. The van der Waals surface area contributed by atoms with Crippen molar-refractivity contribution in [2.75, 3.05) is 25.0 Å². The summed E-state index contributed by atoms with van der Waals surface area (Å²) in [6.45, 7) is 4.44. The highest BCUT2D eigenvalue weighted by Gasteiger charge is 2.33. The minimum Gasteiger partial charge on any atom is -0.484 e. The Morgan fingerprint density at radius 2 is 2.25 bits per heavy atom. The average Bonchev–Trinajstić information content (AvgIpc) is 2.36. The van der Waals surface area contributed by atoms with Gasteiger partial charge in [-0.2, -0.15) is 0 Å². The Hall–Kier alpha value is -2.31. The maximum Gasteiger partial charge on any atom is 0.271 e. The van der Waals surface area contributed by atoms with Gasteiger partial charge < -0.3 is 15.0 Å². The van der Waals surface area contributed by atoms with Crippen LogP contribution in [-0.4, -0.2) is 36.6 Å². The number of anilines is 1. The van der Waals surface area contributed by atoms with E-state index < -0.39 is 10.5 Å². The van der Waals surface area contributed by atoms with Gasteiger partial charge in [0.1, 0.15) is 11.4 Å². The first-order chi connectivity index (χ1) is 9.32. The maximum atomic E-state index is 11.6. The second-order valence-electron chi connectivity index (χ2n) is 5.30. The second kappa shape index (κ2) is 4.99. The lowest BCUT2D eigenvalue weighted by Gasteiger charge is -2.40. The molecule has 7 heteroatoms. The molecule has 0 spiro atoms. The molecule has 20 heavy (non-hydrogen) atoms. The molecule has 2 rings (SSSR count). The van der Waals surface area contributed by atoms with Crippen molar-refractivity contribution in [1.82, 2.24) is 5.32 Å². The number of non-ortho nitro benzene ring substituents is 1. The van der Waals surface area contributed by atoms with Crippen LogP contribution in [0.2, 0.25) is 0 Å². The third-order valence-electron chi connectivity index (χ3n) is 3.07. The largest absolute Gasteiger partial charge is 0.484 e. The number of fused-ring (bicyclic) bond motifs is 1. The number of nitrogens with zero attached hydrogens (tertiary/aromatic N) is 2. The van der Waals surface area contributed by atoms with Crippen molar-refractivity contribution in [2.45, 2.75) is 19.4 Å². The zero-order valence-corrected chi connectivity index (χ0v) is 11.7. The number of nitro benzene ring substituents is 1. The summed E-state index contributed by atoms with van der Waals surface area (Å²) < 4.78 is 5.80. The van der Waals surface area contributed by atoms with E-state index in [-0.39, 0.29) is 18.1 Å². The average molecular weight is 279 g/mol. The van der Waals surface area contributed by atoms with E-state index in [1.807, 2.05) is 13.8 Å². The summed E-state index contributed by atoms with van der Waals surface area (Å²) in [5, 5.41) is 13.4. The molecule has 1 aliphatic heterocycles. The Bertz CT molecular complexity index is 557. The maximum absolute atomic E-state index is 11.6. The van der Waals surface area contributed by atoms with Gasteiger partial charge in [-0.3, -0.25) is 14.9 Å². The van der Waals surface area contributed by atoms with Gasteiger partial charge in [0.05, 0.1) is 23.7 Å². The summed E-state index contributed by atoms with van der Waals surface area (Å²) in [6.07, 6.45) is 0. The third kappa shape index (κ3) is 2.81. The van der Waals surface area contributed by atoms with Crippen LogP contribution < -0.4 is 15.0 Å². The van der Waals surface area contributed by atoms with Crippen molar-refractivity contribution in [3.63, 3.8) is 0 Å². The highest BCUT2D eigenvalue weighted by atomic mass is 16.6. The van der Waals surface area contributed by atoms with Gasteiger partial charge in [0.15, 0.2) is 0 Å². The lowest BCUT2D eigenvalue weighted by molar-refractivity contribution is -0.384. The quantitative estimate of drug-likeness (QED) is 0.666. The molecule has 0 atom stereocenters. The van der Waals surface area contributed by atoms with Crippen LogP contribution >= 0.6 is 0 Å². The Balaban J connectivity index is 2.41. The molecule has 1 heterocycles. The van der Waals surface area contributed by atoms with Crippen LogP contribution in [0, 0.1) is 10.1 Å². The van der Waals surface area contributed by atoms with Crippen molar-refractivity contribution < 1.29 is 14.5 Å². The van der Waals surface area contributed by atoms with Crippen molar-refractivity contribution in [1.29, 1.82) is 0 Å². The van der Waals surface area contributed by atoms with Gasteiger partial charge in [0.25, 0.3) is 5.69 Å². The Kier molecular flexibility index (Phi) is 3.52. The molecule has 108 valence electrons. The number of amides is 1. The fourth-order valence-corrected chi connectivity index (χ4v) is 2.22. The van der Waals surface area contributed by atoms with Crippen molar-refractivity contribution in [2.24, 2.45) is 0 Å². The lowest BCUT2D eigenvalue weighted by atomic mass is 10.0. The molecule has 7 nitrogen and oxygen atoms in total. The number of likely N-dealkylation sites (N-methyl/N-ethyl adjacent to an activating group) is 1. The number of hydrogen-bond acceptors (Lipinski definition) is 5. The fourth-order valence-electron chi connectivity index (χ4n) is 2.22. The molecule has 0 fully saturated rings. The van der Waals surface area contributed by atoms with Gasteiger partial charge in [0, 0.05) is 19.2 Å². The number of benzene rings is 1. The van der Waals surface area contributed by atoms with Gasteiger partial charge in [0.2, 0.25) is 5.91 Å². The number of carbonyl (C=O) groups is 1. The van der Waals surface area contributed by atoms with E-state index in [4.69, 9.17) is 4.74 Å². The normalized spacial score (nSPS) is 16.1. The molecule has 1 amide bonds. The molecule has 1 aromatic rings. The number of carbonyl (C=O) groups excluding carboxylic acids is 1. The fraction of sp³-hybridized carbons (Fsp3) is 0.462. The van der Waals surface area contributed by atoms with Crippen LogP contribution in [0.1, 0.15) is 13.8 Å². The molecule has 0 saturated carbocycles. The number of nitrogens with one attached hydrogen (secondary N) is 1. The zero-order valence-electron chi connectivity index (χ0n) is 11.7. The molecule has 0 bridgehead atoms. The lowest BCUT2D eigenvalue weighted by Crippen LogP contribution is -2.49. The summed E-state index contributed by atoms with van der Waals surface area (Å²) >= 11 is 0. The smallest absolute Gasteiger partial charge is 0.271 e. The molecule has 1 aromatic carbocycles. The first-order valence-corrected chi connectivity index (χ1v) is 6.25. The van der Waals surface area contributed by atoms with E-state index in [0.29, 0.717) is 18.0 Å². The second-order valence-corrected chi connectivity index (χ2v) is 5.30. The topological polar surface area (TPSA) is 84.7 Å². The van der Waals surface area contributed by atoms with Crippen molar-refractivity contribution in [3.8, 4) is 5.75 Å². The Morgan fingerprint density at radius 1 is 1.55 bits per heavy atom. The predicted octanol–water partition coefficient (Wildman–Crippen LogP) is 1.32. The third-order valence-corrected chi connectivity index (χ3v) is 3.07. The van der Waals surface area contributed by atoms with Gasteiger partial charge in [-0.25, -0.2) is 0 Å². The van der Waals surface area contributed by atoms with Gasteiger partial charge in [-0.15, -0.1) is 0 Å². The number of nitro groups is 1. The van der Waals surface area contributed by atoms with E-state index in [9.17, 15) is 14.9 Å². The highest BCUT2D eigenvalue weighted by Crippen LogP contribution is 2.38. The molecule has 0 radical (unpaired) electrons. The summed E-state index contributed by atoms with van der Waals surface area (Å²) in [6, 6.07) is 4.41. The van der Waals surface area contributed by atoms with Crippen LogP contribution in [0.5, 0.6) is 5.75 Å². The first-order valence-electron chi connectivity index (χ1n) is 6.25. The van der Waals surface area contributed by atoms with Crippen LogP contribution in [0.4, 0.5) is 11.4 Å². The van der Waals surface area contributed by atoms with Gasteiger partial charge >= 0.3 is 0 Å². The monoisotopic (exact) mass is 279 g/mol. The van der Waals surface area contributed by atoms with Gasteiger partial charge in [-0.1, -0.05) is 0 Å². The van der Waals surface area contributed by atoms with E-state index in [2.05, 4.69) is 5.32 Å².